The van der Waals surface area contributed by atoms with Gasteiger partial charge >= 0.3 is 6.09 Å². The fraction of sp³-hybridized carbons (Fsp3) is 0.292. The van der Waals surface area contributed by atoms with Gasteiger partial charge in [-0.25, -0.2) is 4.79 Å². The fourth-order valence-corrected chi connectivity index (χ4v) is 2.76. The van der Waals surface area contributed by atoms with Crippen molar-refractivity contribution in [2.24, 2.45) is 4.99 Å². The zero-order valence-electron chi connectivity index (χ0n) is 17.7. The summed E-state index contributed by atoms with van der Waals surface area (Å²) >= 11 is 0. The number of ether oxygens (including phenoxy) is 1. The third kappa shape index (κ3) is 6.71. The van der Waals surface area contributed by atoms with Crippen LogP contribution in [0.3, 0.4) is 0 Å². The zero-order valence-corrected chi connectivity index (χ0v) is 17.7. The second-order valence-electron chi connectivity index (χ2n) is 7.68. The van der Waals surface area contributed by atoms with E-state index in [1.165, 1.54) is 6.20 Å². The lowest BCUT2D eigenvalue weighted by molar-refractivity contribution is 0.0523. The highest BCUT2D eigenvalue weighted by Gasteiger charge is 2.16. The van der Waals surface area contributed by atoms with E-state index in [9.17, 15) is 4.79 Å². The van der Waals surface area contributed by atoms with Gasteiger partial charge in [-0.2, -0.15) is 0 Å². The summed E-state index contributed by atoms with van der Waals surface area (Å²) in [5.74, 6) is 0. The molecule has 0 fully saturated rings. The molecule has 1 heterocycles. The van der Waals surface area contributed by atoms with Gasteiger partial charge in [0.1, 0.15) is 5.60 Å². The molecule has 0 radical (unpaired) electrons. The zero-order chi connectivity index (χ0) is 21.4. The van der Waals surface area contributed by atoms with Gasteiger partial charge in [0.15, 0.2) is 0 Å². The quantitative estimate of drug-likeness (QED) is 0.509. The number of aromatic nitrogens is 1. The molecule has 0 bridgehead atoms. The second kappa shape index (κ2) is 9.82. The first kappa shape index (κ1) is 22.1. The first-order chi connectivity index (χ1) is 13.7. The van der Waals surface area contributed by atoms with Gasteiger partial charge in [-0.05, 0) is 51.3 Å². The van der Waals surface area contributed by atoms with Crippen molar-refractivity contribution in [1.82, 2.24) is 10.3 Å². The monoisotopic (exact) mass is 391 g/mol. The number of aryl methyl sites for hydroxylation is 1. The van der Waals surface area contributed by atoms with E-state index in [1.54, 1.807) is 6.21 Å². The number of alkyl carbamates (subject to hydrolysis) is 1. The van der Waals surface area contributed by atoms with Gasteiger partial charge in [0, 0.05) is 35.8 Å². The molecule has 1 aromatic heterocycles. The van der Waals surface area contributed by atoms with Gasteiger partial charge in [-0.3, -0.25) is 9.98 Å². The van der Waals surface area contributed by atoms with Gasteiger partial charge < -0.3 is 10.1 Å². The topological polar surface area (TPSA) is 63.6 Å². The van der Waals surface area contributed by atoms with E-state index in [-0.39, 0.29) is 0 Å². The Bertz CT molecular complexity index is 907. The average Bonchev–Trinajstić information content (AvgIpc) is 2.66. The smallest absolute Gasteiger partial charge is 0.407 e. The molecular weight excluding hydrogens is 362 g/mol. The predicted molar refractivity (Wildman–Crippen MR) is 119 cm³/mol. The Morgan fingerprint density at radius 1 is 1.24 bits per heavy atom. The number of pyridine rings is 1. The Hall–Kier alpha value is -3.21. The molecule has 5 nitrogen and oxygen atoms in total. The number of rotatable bonds is 7. The van der Waals surface area contributed by atoms with Crippen LogP contribution in [-0.2, 0) is 17.7 Å². The highest BCUT2D eigenvalue weighted by Crippen LogP contribution is 2.25. The van der Waals surface area contributed by atoms with Crippen molar-refractivity contribution in [1.29, 1.82) is 0 Å². The summed E-state index contributed by atoms with van der Waals surface area (Å²) in [6, 6.07) is 10.1. The number of carbonyl (C=O) groups excluding carboxylic acids is 1. The maximum Gasteiger partial charge on any atom is 0.407 e. The van der Waals surface area contributed by atoms with Crippen molar-refractivity contribution >= 4 is 12.3 Å². The highest BCUT2D eigenvalue weighted by atomic mass is 16.6. The standard InChI is InChI=1S/C24H29N3O2/c1-7-9-20-14-21(16-25-8-2)17(3)27-22(20)19-12-10-18(11-13-19)15-26-23(28)29-24(4,5)6/h7-8,10-14,16H,1-2,9,15H2,3-6H3,(H,26,28). The van der Waals surface area contributed by atoms with E-state index < -0.39 is 11.7 Å². The molecule has 152 valence electrons. The van der Waals surface area contributed by atoms with Crippen LogP contribution in [0.1, 0.15) is 43.2 Å². The van der Waals surface area contributed by atoms with E-state index in [4.69, 9.17) is 9.72 Å². The molecule has 2 aromatic rings. The van der Waals surface area contributed by atoms with Crippen LogP contribution in [0.5, 0.6) is 0 Å². The molecule has 5 heteroatoms. The Labute approximate surface area is 173 Å². The van der Waals surface area contributed by atoms with Crippen LogP contribution in [0.25, 0.3) is 11.3 Å². The number of hydrogen-bond acceptors (Lipinski definition) is 4. The third-order valence-corrected chi connectivity index (χ3v) is 4.08. The first-order valence-corrected chi connectivity index (χ1v) is 9.55. The normalized spacial score (nSPS) is 11.3. The van der Waals surface area contributed by atoms with Crippen LogP contribution in [-0.4, -0.2) is 22.9 Å². The lowest BCUT2D eigenvalue weighted by Gasteiger charge is -2.19. The van der Waals surface area contributed by atoms with Crippen molar-refractivity contribution < 1.29 is 9.53 Å². The van der Waals surface area contributed by atoms with E-state index in [1.807, 2.05) is 58.0 Å². The third-order valence-electron chi connectivity index (χ3n) is 4.08. The number of allylic oxidation sites excluding steroid dienone is 1. The SMILES string of the molecule is C=CCc1cc(C=NC=C)c(C)nc1-c1ccc(CNC(=O)OC(C)(C)C)cc1. The Morgan fingerprint density at radius 2 is 1.93 bits per heavy atom. The summed E-state index contributed by atoms with van der Waals surface area (Å²) in [7, 11) is 0. The minimum absolute atomic E-state index is 0.401. The molecular formula is C24H29N3O2. The maximum atomic E-state index is 11.8. The molecule has 1 amide bonds. The van der Waals surface area contributed by atoms with Crippen molar-refractivity contribution in [3.05, 3.63) is 78.1 Å². The van der Waals surface area contributed by atoms with Crippen LogP contribution in [0, 0.1) is 6.92 Å². The average molecular weight is 392 g/mol. The van der Waals surface area contributed by atoms with Gasteiger partial charge in [-0.1, -0.05) is 36.9 Å². The van der Waals surface area contributed by atoms with Gasteiger partial charge in [0.25, 0.3) is 0 Å². The van der Waals surface area contributed by atoms with E-state index in [2.05, 4.69) is 29.5 Å². The predicted octanol–water partition coefficient (Wildman–Crippen LogP) is 5.37. The van der Waals surface area contributed by atoms with Crippen molar-refractivity contribution in [2.45, 2.75) is 46.3 Å². The number of amides is 1. The molecule has 0 unspecified atom stereocenters. The largest absolute Gasteiger partial charge is 0.444 e. The van der Waals surface area contributed by atoms with Crippen LogP contribution in [0.4, 0.5) is 4.79 Å². The Balaban J connectivity index is 2.21. The van der Waals surface area contributed by atoms with Crippen LogP contribution < -0.4 is 5.32 Å². The maximum absolute atomic E-state index is 11.8. The highest BCUT2D eigenvalue weighted by molar-refractivity contribution is 5.83. The number of aliphatic imine (C=N–C) groups is 1. The minimum Gasteiger partial charge on any atom is -0.444 e. The summed E-state index contributed by atoms with van der Waals surface area (Å²) < 4.78 is 5.26. The van der Waals surface area contributed by atoms with E-state index >= 15 is 0 Å². The molecule has 0 saturated carbocycles. The van der Waals surface area contributed by atoms with Crippen molar-refractivity contribution in [3.63, 3.8) is 0 Å². The number of carbonyl (C=O) groups is 1. The molecule has 1 aromatic carbocycles. The lowest BCUT2D eigenvalue weighted by atomic mass is 9.99. The minimum atomic E-state index is -0.512. The van der Waals surface area contributed by atoms with Crippen LogP contribution in [0.15, 0.2) is 60.8 Å². The van der Waals surface area contributed by atoms with Crippen LogP contribution >= 0.6 is 0 Å². The Morgan fingerprint density at radius 3 is 2.52 bits per heavy atom. The van der Waals surface area contributed by atoms with Crippen molar-refractivity contribution in [2.75, 3.05) is 0 Å². The molecule has 0 saturated heterocycles. The van der Waals surface area contributed by atoms with E-state index in [0.29, 0.717) is 13.0 Å². The molecule has 0 spiro atoms. The van der Waals surface area contributed by atoms with Gasteiger partial charge in [0.2, 0.25) is 0 Å². The molecule has 1 N–H and O–H groups in total. The molecule has 0 aliphatic heterocycles. The number of benzene rings is 1. The molecule has 2 rings (SSSR count). The number of nitrogens with one attached hydrogen (secondary N) is 1. The molecule has 29 heavy (non-hydrogen) atoms. The summed E-state index contributed by atoms with van der Waals surface area (Å²) in [6.07, 6.45) is 5.41. The summed E-state index contributed by atoms with van der Waals surface area (Å²) in [4.78, 5) is 20.7. The summed E-state index contributed by atoms with van der Waals surface area (Å²) in [5, 5.41) is 2.77. The lowest BCUT2D eigenvalue weighted by Crippen LogP contribution is -2.32. The number of hydrogen-bond donors (Lipinski definition) is 1. The van der Waals surface area contributed by atoms with Gasteiger partial charge in [-0.15, -0.1) is 6.58 Å². The van der Waals surface area contributed by atoms with Gasteiger partial charge in [0.05, 0.1) is 5.69 Å². The molecule has 0 aliphatic rings. The molecule has 0 atom stereocenters. The summed E-state index contributed by atoms with van der Waals surface area (Å²) in [6.45, 7) is 15.3. The molecule has 0 aliphatic carbocycles. The van der Waals surface area contributed by atoms with E-state index in [0.717, 1.165) is 33.6 Å². The summed E-state index contributed by atoms with van der Waals surface area (Å²) in [5.41, 5.74) is 5.34. The fourth-order valence-electron chi connectivity index (χ4n) is 2.76. The Kier molecular flexibility index (Phi) is 7.48. The van der Waals surface area contributed by atoms with Crippen molar-refractivity contribution in [3.8, 4) is 11.3 Å². The first-order valence-electron chi connectivity index (χ1n) is 9.55. The van der Waals surface area contributed by atoms with Crippen LogP contribution in [0.2, 0.25) is 0 Å². The second-order valence-corrected chi connectivity index (χ2v) is 7.68. The number of nitrogens with zero attached hydrogens (tertiary/aromatic N) is 2.